The Morgan fingerprint density at radius 3 is 2.31 bits per heavy atom. The number of hydrogen-bond donors (Lipinski definition) is 0. The summed E-state index contributed by atoms with van der Waals surface area (Å²) in [5.41, 5.74) is 5.10. The molecule has 186 valence electrons. The first-order chi connectivity index (χ1) is 17.8. The highest BCUT2D eigenvalue weighted by molar-refractivity contribution is 5.63. The molecule has 2 aromatic heterocycles. The third kappa shape index (κ3) is 4.74. The lowest BCUT2D eigenvalue weighted by Gasteiger charge is -2.24. The van der Waals surface area contributed by atoms with Crippen molar-refractivity contribution in [3.63, 3.8) is 0 Å². The van der Waals surface area contributed by atoms with Gasteiger partial charge in [0.1, 0.15) is 5.82 Å². The first-order valence-corrected chi connectivity index (χ1v) is 13.5. The average molecular weight is 483 g/mol. The lowest BCUT2D eigenvalue weighted by atomic mass is 9.89. The van der Waals surface area contributed by atoms with Crippen LogP contribution in [0.4, 0.5) is 0 Å². The zero-order valence-corrected chi connectivity index (χ0v) is 20.8. The van der Waals surface area contributed by atoms with Gasteiger partial charge in [0.15, 0.2) is 0 Å². The second kappa shape index (κ2) is 10.4. The van der Waals surface area contributed by atoms with E-state index in [9.17, 15) is 4.79 Å². The third-order valence-corrected chi connectivity index (χ3v) is 7.98. The van der Waals surface area contributed by atoms with E-state index in [1.165, 1.54) is 48.8 Å². The van der Waals surface area contributed by atoms with Gasteiger partial charge < -0.3 is 9.30 Å². The molecule has 1 aliphatic carbocycles. The topological polar surface area (TPSA) is 61.4 Å². The van der Waals surface area contributed by atoms with Crippen LogP contribution < -0.4 is 5.56 Å². The molecule has 6 nitrogen and oxygen atoms in total. The van der Waals surface area contributed by atoms with E-state index in [1.54, 1.807) is 0 Å². The minimum atomic E-state index is -0.00945. The number of rotatable bonds is 6. The normalized spacial score (nSPS) is 17.6. The molecule has 1 saturated heterocycles. The van der Waals surface area contributed by atoms with Crippen LogP contribution in [0, 0.1) is 5.92 Å². The van der Waals surface area contributed by atoms with Crippen molar-refractivity contribution in [3.8, 4) is 11.1 Å². The van der Waals surface area contributed by atoms with Crippen LogP contribution in [-0.4, -0.2) is 32.4 Å². The fraction of sp³-hybridized carbons (Fsp3) is 0.433. The monoisotopic (exact) mass is 482 g/mol. The fourth-order valence-electron chi connectivity index (χ4n) is 5.90. The number of aromatic nitrogens is 4. The smallest absolute Gasteiger partial charge is 0.296 e. The molecule has 2 fully saturated rings. The summed E-state index contributed by atoms with van der Waals surface area (Å²) in [6.45, 7) is 2.24. The van der Waals surface area contributed by atoms with E-state index in [2.05, 4.69) is 64.9 Å². The summed E-state index contributed by atoms with van der Waals surface area (Å²) in [6, 6.07) is 19.2. The molecule has 0 N–H and O–H groups in total. The van der Waals surface area contributed by atoms with Crippen LogP contribution in [0.1, 0.15) is 67.9 Å². The van der Waals surface area contributed by atoms with Crippen molar-refractivity contribution in [2.24, 2.45) is 5.92 Å². The minimum Gasteiger partial charge on any atom is -0.381 e. The van der Waals surface area contributed by atoms with Crippen LogP contribution in [-0.2, 0) is 17.7 Å². The number of nitrogens with zero attached hydrogens (tertiary/aromatic N) is 4. The highest BCUT2D eigenvalue weighted by Gasteiger charge is 2.24. The quantitative estimate of drug-likeness (QED) is 0.358. The average Bonchev–Trinajstić information content (AvgIpc) is 3.37. The predicted molar refractivity (Wildman–Crippen MR) is 141 cm³/mol. The van der Waals surface area contributed by atoms with Gasteiger partial charge in [-0.3, -0.25) is 9.20 Å². The molecule has 1 saturated carbocycles. The Bertz CT molecular complexity index is 1360. The largest absolute Gasteiger partial charge is 0.381 e. The molecular formula is C30H34N4O2. The fourth-order valence-corrected chi connectivity index (χ4v) is 5.90. The van der Waals surface area contributed by atoms with E-state index in [1.807, 2.05) is 15.0 Å². The predicted octanol–water partition coefficient (Wildman–Crippen LogP) is 5.62. The van der Waals surface area contributed by atoms with Crippen molar-refractivity contribution in [2.75, 3.05) is 13.2 Å². The molecule has 3 heterocycles. The molecule has 1 aliphatic heterocycles. The summed E-state index contributed by atoms with van der Waals surface area (Å²) in [6.07, 6.45) is 10.9. The Morgan fingerprint density at radius 1 is 0.833 bits per heavy atom. The minimum absolute atomic E-state index is 0.00945. The first kappa shape index (κ1) is 23.2. The van der Waals surface area contributed by atoms with Gasteiger partial charge in [0, 0.05) is 44.0 Å². The molecule has 0 unspecified atom stereocenters. The van der Waals surface area contributed by atoms with Crippen molar-refractivity contribution in [2.45, 2.75) is 63.8 Å². The van der Waals surface area contributed by atoms with E-state index in [0.717, 1.165) is 44.1 Å². The van der Waals surface area contributed by atoms with Gasteiger partial charge in [-0.05, 0) is 48.3 Å². The zero-order valence-electron chi connectivity index (χ0n) is 20.8. The van der Waals surface area contributed by atoms with E-state index in [0.29, 0.717) is 18.0 Å². The third-order valence-electron chi connectivity index (χ3n) is 7.98. The molecule has 36 heavy (non-hydrogen) atoms. The molecule has 2 aliphatic rings. The number of hydrogen-bond acceptors (Lipinski definition) is 4. The van der Waals surface area contributed by atoms with E-state index < -0.39 is 0 Å². The van der Waals surface area contributed by atoms with Crippen LogP contribution >= 0.6 is 0 Å². The van der Waals surface area contributed by atoms with Crippen LogP contribution in [0.25, 0.3) is 16.8 Å². The second-order valence-electron chi connectivity index (χ2n) is 10.4. The molecule has 6 heteroatoms. The van der Waals surface area contributed by atoms with Crippen molar-refractivity contribution < 1.29 is 4.74 Å². The highest BCUT2D eigenvalue weighted by Crippen LogP contribution is 2.28. The maximum absolute atomic E-state index is 13.8. The Morgan fingerprint density at radius 2 is 1.56 bits per heavy atom. The van der Waals surface area contributed by atoms with E-state index in [4.69, 9.17) is 4.74 Å². The highest BCUT2D eigenvalue weighted by atomic mass is 16.5. The van der Waals surface area contributed by atoms with E-state index in [-0.39, 0.29) is 11.5 Å². The summed E-state index contributed by atoms with van der Waals surface area (Å²) in [5, 5.41) is 8.88. The molecule has 0 amide bonds. The Balaban J connectivity index is 1.37. The van der Waals surface area contributed by atoms with Gasteiger partial charge in [-0.1, -0.05) is 73.9 Å². The van der Waals surface area contributed by atoms with Crippen LogP contribution in [0.2, 0.25) is 0 Å². The maximum atomic E-state index is 13.8. The molecule has 0 radical (unpaired) electrons. The summed E-state index contributed by atoms with van der Waals surface area (Å²) < 4.78 is 9.53. The Kier molecular flexibility index (Phi) is 6.69. The lowest BCUT2D eigenvalue weighted by molar-refractivity contribution is 0.0834. The van der Waals surface area contributed by atoms with Crippen molar-refractivity contribution in [1.82, 2.24) is 19.2 Å². The van der Waals surface area contributed by atoms with Crippen LogP contribution in [0.3, 0.4) is 0 Å². The van der Waals surface area contributed by atoms with Gasteiger partial charge in [-0.25, -0.2) is 0 Å². The number of fused-ring (bicyclic) bond motifs is 1. The SMILES string of the molecule is O=c1c2nnc(C3CCOCC3)n2cc(Cc2ccc(-c3ccccc3)cc2)n1CC1CCCCC1. The van der Waals surface area contributed by atoms with Gasteiger partial charge in [-0.2, -0.15) is 0 Å². The number of ether oxygens (including phenoxy) is 1. The summed E-state index contributed by atoms with van der Waals surface area (Å²) in [7, 11) is 0. The number of benzene rings is 2. The Hall–Kier alpha value is -3.25. The van der Waals surface area contributed by atoms with Crippen LogP contribution in [0.5, 0.6) is 0 Å². The van der Waals surface area contributed by atoms with Gasteiger partial charge in [0.05, 0.1) is 0 Å². The van der Waals surface area contributed by atoms with Gasteiger partial charge >= 0.3 is 0 Å². The molecule has 0 bridgehead atoms. The lowest BCUT2D eigenvalue weighted by Crippen LogP contribution is -2.30. The molecule has 0 spiro atoms. The van der Waals surface area contributed by atoms with Gasteiger partial charge in [-0.15, -0.1) is 10.2 Å². The van der Waals surface area contributed by atoms with E-state index >= 15 is 0 Å². The standard InChI is InChI=1S/C30H34N4O2/c35-30-29-32-31-28(26-15-17-36-18-16-26)34(29)21-27(33(30)20-23-7-3-1-4-8-23)19-22-11-13-25(14-12-22)24-9-5-2-6-10-24/h2,5-6,9-14,21,23,26H,1,3-4,7-8,15-20H2. The summed E-state index contributed by atoms with van der Waals surface area (Å²) in [5.74, 6) is 1.73. The van der Waals surface area contributed by atoms with Crippen molar-refractivity contribution in [1.29, 1.82) is 0 Å². The van der Waals surface area contributed by atoms with Crippen LogP contribution in [0.15, 0.2) is 65.6 Å². The second-order valence-corrected chi connectivity index (χ2v) is 10.4. The molecule has 4 aromatic rings. The van der Waals surface area contributed by atoms with Gasteiger partial charge in [0.2, 0.25) is 5.65 Å². The Labute approximate surface area is 212 Å². The molecule has 0 atom stereocenters. The molecule has 6 rings (SSSR count). The van der Waals surface area contributed by atoms with Crippen molar-refractivity contribution in [3.05, 3.63) is 88.2 Å². The zero-order chi connectivity index (χ0) is 24.3. The first-order valence-electron chi connectivity index (χ1n) is 13.5. The van der Waals surface area contributed by atoms with Crippen molar-refractivity contribution >= 4 is 5.65 Å². The van der Waals surface area contributed by atoms with Gasteiger partial charge in [0.25, 0.3) is 5.56 Å². The maximum Gasteiger partial charge on any atom is 0.296 e. The molecular weight excluding hydrogens is 448 g/mol. The summed E-state index contributed by atoms with van der Waals surface area (Å²) in [4.78, 5) is 13.8. The molecule has 2 aromatic carbocycles. The summed E-state index contributed by atoms with van der Waals surface area (Å²) >= 11 is 0.